The number of aromatic nitrogens is 2. The van der Waals surface area contributed by atoms with Crippen LogP contribution in [0.5, 0.6) is 0 Å². The van der Waals surface area contributed by atoms with E-state index in [-0.39, 0.29) is 17.5 Å². The van der Waals surface area contributed by atoms with Crippen LogP contribution in [0.2, 0.25) is 0 Å². The Morgan fingerprint density at radius 3 is 2.42 bits per heavy atom. The van der Waals surface area contributed by atoms with Crippen molar-refractivity contribution in [2.45, 2.75) is 45.7 Å². The maximum atomic E-state index is 10.9. The molecule has 0 aliphatic carbocycles. The van der Waals surface area contributed by atoms with E-state index in [1.54, 1.807) is 11.6 Å². The van der Waals surface area contributed by atoms with Crippen molar-refractivity contribution in [3.8, 4) is 0 Å². The van der Waals surface area contributed by atoms with Gasteiger partial charge < -0.3 is 10.6 Å². The van der Waals surface area contributed by atoms with Gasteiger partial charge in [-0.3, -0.25) is 10.1 Å². The van der Waals surface area contributed by atoms with Crippen molar-refractivity contribution >= 4 is 11.5 Å². The molecule has 0 aromatic carbocycles. The molecular weight excluding hydrogens is 246 g/mol. The number of nitrogens with two attached hydrogens (primary N) is 1. The molecule has 7 heteroatoms. The van der Waals surface area contributed by atoms with Gasteiger partial charge in [-0.15, -0.1) is 0 Å². The zero-order valence-electron chi connectivity index (χ0n) is 11.7. The molecule has 0 unspecified atom stereocenters. The Morgan fingerprint density at radius 1 is 1.42 bits per heavy atom. The summed E-state index contributed by atoms with van der Waals surface area (Å²) in [5, 5.41) is 15.2. The smallest absolute Gasteiger partial charge is 0.333 e. The molecule has 2 rings (SSSR count). The van der Waals surface area contributed by atoms with Crippen molar-refractivity contribution in [2.75, 3.05) is 18.8 Å². The largest absolute Gasteiger partial charge is 0.378 e. The molecule has 0 spiro atoms. The Kier molecular flexibility index (Phi) is 3.75. The number of piperidine rings is 1. The summed E-state index contributed by atoms with van der Waals surface area (Å²) < 4.78 is 1.64. The first-order chi connectivity index (χ1) is 8.91. The molecule has 1 aromatic rings. The van der Waals surface area contributed by atoms with Crippen LogP contribution in [-0.4, -0.2) is 38.7 Å². The number of hydrogen-bond donors (Lipinski definition) is 1. The first-order valence-corrected chi connectivity index (χ1v) is 6.64. The van der Waals surface area contributed by atoms with E-state index >= 15 is 0 Å². The van der Waals surface area contributed by atoms with E-state index < -0.39 is 4.92 Å². The second kappa shape index (κ2) is 5.16. The maximum Gasteiger partial charge on any atom is 0.333 e. The van der Waals surface area contributed by atoms with E-state index in [4.69, 9.17) is 5.73 Å². The Balaban J connectivity index is 2.16. The molecular formula is C12H21N5O2. The number of rotatable bonds is 3. The van der Waals surface area contributed by atoms with Gasteiger partial charge in [-0.25, -0.2) is 4.68 Å². The van der Waals surface area contributed by atoms with Gasteiger partial charge in [0.15, 0.2) is 0 Å². The van der Waals surface area contributed by atoms with Crippen molar-refractivity contribution in [3.63, 3.8) is 0 Å². The predicted molar refractivity (Wildman–Crippen MR) is 73.0 cm³/mol. The van der Waals surface area contributed by atoms with Crippen LogP contribution in [0.1, 0.15) is 38.4 Å². The molecule has 2 N–H and O–H groups in total. The summed E-state index contributed by atoms with van der Waals surface area (Å²) >= 11 is 0. The summed E-state index contributed by atoms with van der Waals surface area (Å²) in [6.07, 6.45) is 1.86. The molecule has 106 valence electrons. The van der Waals surface area contributed by atoms with Crippen LogP contribution < -0.4 is 5.73 Å². The van der Waals surface area contributed by atoms with Crippen molar-refractivity contribution in [1.82, 2.24) is 14.7 Å². The number of hydrogen-bond acceptors (Lipinski definition) is 5. The molecule has 0 radical (unpaired) electrons. The molecule has 0 bridgehead atoms. The highest BCUT2D eigenvalue weighted by Crippen LogP contribution is 2.32. The number of nitro groups is 1. The number of nitrogens with zero attached hydrogens (tertiary/aromatic N) is 4. The summed E-state index contributed by atoms with van der Waals surface area (Å²) in [4.78, 5) is 12.9. The molecule has 19 heavy (non-hydrogen) atoms. The highest BCUT2D eigenvalue weighted by Gasteiger charge is 2.29. The number of nitrogen functional groups attached to an aromatic ring is 1. The van der Waals surface area contributed by atoms with Crippen LogP contribution in [-0.2, 0) is 0 Å². The molecule has 1 aliphatic rings. The van der Waals surface area contributed by atoms with Crippen molar-refractivity contribution in [2.24, 2.45) is 0 Å². The monoisotopic (exact) mass is 267 g/mol. The van der Waals surface area contributed by atoms with Crippen LogP contribution in [0.25, 0.3) is 0 Å². The van der Waals surface area contributed by atoms with Crippen molar-refractivity contribution in [3.05, 3.63) is 15.8 Å². The average Bonchev–Trinajstić information content (AvgIpc) is 2.65. The molecule has 1 aromatic heterocycles. The first-order valence-electron chi connectivity index (χ1n) is 6.64. The van der Waals surface area contributed by atoms with Gasteiger partial charge in [0.05, 0.1) is 11.0 Å². The highest BCUT2D eigenvalue weighted by molar-refractivity contribution is 5.56. The van der Waals surface area contributed by atoms with E-state index in [2.05, 4.69) is 23.8 Å². The van der Waals surface area contributed by atoms with Crippen molar-refractivity contribution < 1.29 is 4.92 Å². The Hall–Kier alpha value is -1.63. The minimum atomic E-state index is -0.447. The van der Waals surface area contributed by atoms with E-state index in [9.17, 15) is 10.1 Å². The Bertz CT molecular complexity index is 475. The summed E-state index contributed by atoms with van der Waals surface area (Å²) in [6.45, 7) is 7.95. The normalized spacial score (nSPS) is 18.1. The summed E-state index contributed by atoms with van der Waals surface area (Å²) in [7, 11) is 0. The lowest BCUT2D eigenvalue weighted by Gasteiger charge is -2.34. The van der Waals surface area contributed by atoms with Crippen LogP contribution in [0.15, 0.2) is 0 Å². The van der Waals surface area contributed by atoms with Crippen LogP contribution in [0.3, 0.4) is 0 Å². The van der Waals surface area contributed by atoms with Crippen LogP contribution in [0, 0.1) is 17.0 Å². The van der Waals surface area contributed by atoms with Gasteiger partial charge in [-0.1, -0.05) is 0 Å². The van der Waals surface area contributed by atoms with Crippen LogP contribution in [0.4, 0.5) is 11.5 Å². The van der Waals surface area contributed by atoms with E-state index in [1.165, 1.54) is 0 Å². The molecule has 1 aliphatic heterocycles. The minimum Gasteiger partial charge on any atom is -0.378 e. The number of likely N-dealkylation sites (tertiary alicyclic amines) is 1. The van der Waals surface area contributed by atoms with Crippen molar-refractivity contribution in [1.29, 1.82) is 0 Å². The van der Waals surface area contributed by atoms with Gasteiger partial charge in [-0.05, 0) is 33.6 Å². The molecule has 1 fully saturated rings. The molecule has 0 atom stereocenters. The first kappa shape index (κ1) is 13.8. The molecule has 0 saturated carbocycles. The Labute approximate surface area is 112 Å². The number of aryl methyl sites for hydroxylation is 1. The predicted octanol–water partition coefficient (Wildman–Crippen LogP) is 1.73. The second-order valence-corrected chi connectivity index (χ2v) is 5.38. The standard InChI is InChI=1S/C12H21N5O2/c1-8(2)15-6-4-10(5-7-15)16-12(13)11(17(18)19)9(3)14-16/h8,10H,4-7,13H2,1-3H3. The van der Waals surface area contributed by atoms with E-state index in [1.807, 2.05) is 0 Å². The summed E-state index contributed by atoms with van der Waals surface area (Å²) in [5.74, 6) is 0.186. The Morgan fingerprint density at radius 2 is 2.00 bits per heavy atom. The zero-order chi connectivity index (χ0) is 14.2. The van der Waals surface area contributed by atoms with Gasteiger partial charge in [0.1, 0.15) is 5.69 Å². The fraction of sp³-hybridized carbons (Fsp3) is 0.750. The molecule has 7 nitrogen and oxygen atoms in total. The lowest BCUT2D eigenvalue weighted by molar-refractivity contribution is -0.384. The van der Waals surface area contributed by atoms with Gasteiger partial charge in [0, 0.05) is 19.1 Å². The third kappa shape index (κ3) is 2.56. The van der Waals surface area contributed by atoms with Gasteiger partial charge in [0.25, 0.3) is 0 Å². The SMILES string of the molecule is Cc1nn(C2CCN(C(C)C)CC2)c(N)c1[N+](=O)[O-]. The van der Waals surface area contributed by atoms with E-state index in [0.717, 1.165) is 25.9 Å². The minimum absolute atomic E-state index is 0.0497. The molecule has 2 heterocycles. The summed E-state index contributed by atoms with van der Waals surface area (Å²) in [5.41, 5.74) is 6.22. The molecule has 1 saturated heterocycles. The van der Waals surface area contributed by atoms with Gasteiger partial charge in [0.2, 0.25) is 5.82 Å². The number of anilines is 1. The lowest BCUT2D eigenvalue weighted by atomic mass is 10.0. The lowest BCUT2D eigenvalue weighted by Crippen LogP contribution is -2.39. The average molecular weight is 267 g/mol. The third-order valence-corrected chi connectivity index (χ3v) is 3.85. The fourth-order valence-electron chi connectivity index (χ4n) is 2.71. The highest BCUT2D eigenvalue weighted by atomic mass is 16.6. The topological polar surface area (TPSA) is 90.2 Å². The van der Waals surface area contributed by atoms with Gasteiger partial charge >= 0.3 is 5.69 Å². The zero-order valence-corrected chi connectivity index (χ0v) is 11.7. The fourth-order valence-corrected chi connectivity index (χ4v) is 2.71. The maximum absolute atomic E-state index is 10.9. The van der Waals surface area contributed by atoms with E-state index in [0.29, 0.717) is 11.7 Å². The summed E-state index contributed by atoms with van der Waals surface area (Å²) in [6, 6.07) is 0.703. The third-order valence-electron chi connectivity index (χ3n) is 3.85. The van der Waals surface area contributed by atoms with Crippen LogP contribution >= 0.6 is 0 Å². The van der Waals surface area contributed by atoms with Gasteiger partial charge in [-0.2, -0.15) is 5.10 Å². The molecule has 0 amide bonds. The second-order valence-electron chi connectivity index (χ2n) is 5.38. The quantitative estimate of drug-likeness (QED) is 0.665.